The molecule has 0 radical (unpaired) electrons. The maximum Gasteiger partial charge on any atom is 0.318 e. The lowest BCUT2D eigenvalue weighted by Gasteiger charge is -2.51. The van der Waals surface area contributed by atoms with E-state index in [-0.39, 0.29) is 36.9 Å². The van der Waals surface area contributed by atoms with Crippen molar-refractivity contribution in [3.63, 3.8) is 0 Å². The van der Waals surface area contributed by atoms with Crippen molar-refractivity contribution in [2.45, 2.75) is 30.9 Å². The second-order valence-electron chi connectivity index (χ2n) is 9.27. The number of hydrogen-bond donors (Lipinski definition) is 0. The van der Waals surface area contributed by atoms with Crippen molar-refractivity contribution in [2.75, 3.05) is 34.2 Å². The molecule has 0 spiro atoms. The Morgan fingerprint density at radius 1 is 0.969 bits per heavy atom. The third-order valence-electron chi connectivity index (χ3n) is 7.11. The van der Waals surface area contributed by atoms with Crippen molar-refractivity contribution in [2.24, 2.45) is 11.8 Å². The standard InChI is InChI=1S/C25H30N2O3.2ClH/c1-26(2)20-13-12-16-14-27(3)15-19(20)24(16)30-25(28)23-17-8-4-6-10-21(17)29-22-11-7-5-9-18(22)23;;/h4-11,16,19-20,23-24H,12-15H2,1-3H3;2*1H. The predicted molar refractivity (Wildman–Crippen MR) is 130 cm³/mol. The summed E-state index contributed by atoms with van der Waals surface area (Å²) in [6, 6.07) is 16.1. The normalized spacial score (nSPS) is 26.6. The maximum atomic E-state index is 13.7. The van der Waals surface area contributed by atoms with E-state index in [1.165, 1.54) is 6.42 Å². The van der Waals surface area contributed by atoms with Crippen LogP contribution in [0.4, 0.5) is 0 Å². The average molecular weight is 479 g/mol. The van der Waals surface area contributed by atoms with Crippen LogP contribution in [0.2, 0.25) is 0 Å². The SMILES string of the molecule is CN1CC2CCC(N(C)C)C(C1)C2OC(=O)C1c2ccccc2Oc2ccccc21.Cl.Cl. The van der Waals surface area contributed by atoms with Crippen LogP contribution in [0.1, 0.15) is 29.9 Å². The van der Waals surface area contributed by atoms with Crippen molar-refractivity contribution in [1.82, 2.24) is 9.80 Å². The molecule has 5 rings (SSSR count). The fourth-order valence-corrected chi connectivity index (χ4v) is 5.78. The highest BCUT2D eigenvalue weighted by atomic mass is 35.5. The number of carbonyl (C=O) groups excluding carboxylic acids is 1. The second-order valence-corrected chi connectivity index (χ2v) is 9.27. The number of para-hydroxylation sites is 2. The first-order valence-electron chi connectivity index (χ1n) is 10.9. The van der Waals surface area contributed by atoms with E-state index in [4.69, 9.17) is 9.47 Å². The van der Waals surface area contributed by atoms with E-state index in [1.807, 2.05) is 48.5 Å². The van der Waals surface area contributed by atoms with E-state index in [0.717, 1.165) is 42.1 Å². The lowest BCUT2D eigenvalue weighted by Crippen LogP contribution is -2.59. The Morgan fingerprint density at radius 3 is 2.16 bits per heavy atom. The fourth-order valence-electron chi connectivity index (χ4n) is 5.78. The Hall–Kier alpha value is -1.79. The molecule has 7 heteroatoms. The molecular weight excluding hydrogens is 447 g/mol. The summed E-state index contributed by atoms with van der Waals surface area (Å²) in [6.45, 7) is 1.97. The summed E-state index contributed by atoms with van der Waals surface area (Å²) >= 11 is 0. The molecule has 4 atom stereocenters. The zero-order valence-corrected chi connectivity index (χ0v) is 20.4. The third kappa shape index (κ3) is 4.36. The molecule has 32 heavy (non-hydrogen) atoms. The van der Waals surface area contributed by atoms with Gasteiger partial charge in [0.15, 0.2) is 0 Å². The number of likely N-dealkylation sites (tertiary alicyclic amines) is 1. The molecule has 5 nitrogen and oxygen atoms in total. The van der Waals surface area contributed by atoms with E-state index < -0.39 is 5.92 Å². The van der Waals surface area contributed by atoms with Gasteiger partial charge in [0, 0.05) is 42.1 Å². The van der Waals surface area contributed by atoms with Gasteiger partial charge in [0.2, 0.25) is 0 Å². The summed E-state index contributed by atoms with van der Waals surface area (Å²) in [5.41, 5.74) is 1.78. The molecule has 0 amide bonds. The van der Waals surface area contributed by atoms with Gasteiger partial charge >= 0.3 is 5.97 Å². The van der Waals surface area contributed by atoms with Gasteiger partial charge in [-0.3, -0.25) is 4.79 Å². The van der Waals surface area contributed by atoms with E-state index in [0.29, 0.717) is 17.9 Å². The van der Waals surface area contributed by atoms with Gasteiger partial charge < -0.3 is 19.3 Å². The Morgan fingerprint density at radius 2 is 1.56 bits per heavy atom. The number of hydrogen-bond acceptors (Lipinski definition) is 5. The predicted octanol–water partition coefficient (Wildman–Crippen LogP) is 4.58. The number of piperidine rings is 1. The second kappa shape index (κ2) is 10.0. The Labute approximate surface area is 202 Å². The quantitative estimate of drug-likeness (QED) is 0.603. The summed E-state index contributed by atoms with van der Waals surface area (Å²) in [7, 11) is 6.47. The lowest BCUT2D eigenvalue weighted by atomic mass is 9.72. The molecule has 1 saturated heterocycles. The number of esters is 1. The number of rotatable bonds is 3. The van der Waals surface area contributed by atoms with Gasteiger partial charge in [0.05, 0.1) is 0 Å². The zero-order chi connectivity index (χ0) is 20.8. The van der Waals surface area contributed by atoms with Crippen molar-refractivity contribution in [1.29, 1.82) is 0 Å². The van der Waals surface area contributed by atoms with Crippen LogP contribution in [0, 0.1) is 11.8 Å². The van der Waals surface area contributed by atoms with Crippen LogP contribution in [0.15, 0.2) is 48.5 Å². The largest absolute Gasteiger partial charge is 0.461 e. The monoisotopic (exact) mass is 478 g/mol. The minimum Gasteiger partial charge on any atom is -0.461 e. The first-order valence-corrected chi connectivity index (χ1v) is 10.9. The number of fused-ring (bicyclic) bond motifs is 4. The van der Waals surface area contributed by atoms with E-state index in [1.54, 1.807) is 0 Å². The van der Waals surface area contributed by atoms with Crippen molar-refractivity contribution < 1.29 is 14.3 Å². The van der Waals surface area contributed by atoms with Gasteiger partial charge in [-0.15, -0.1) is 24.8 Å². The zero-order valence-electron chi connectivity index (χ0n) is 18.8. The van der Waals surface area contributed by atoms with E-state index >= 15 is 0 Å². The number of carbonyl (C=O) groups is 1. The van der Waals surface area contributed by atoms with Crippen LogP contribution >= 0.6 is 24.8 Å². The van der Waals surface area contributed by atoms with Crippen LogP contribution in [0.3, 0.4) is 0 Å². The number of benzene rings is 2. The highest BCUT2D eigenvalue weighted by molar-refractivity contribution is 5.86. The molecule has 3 aliphatic rings. The number of nitrogens with zero attached hydrogens (tertiary/aromatic N) is 2. The molecule has 2 bridgehead atoms. The van der Waals surface area contributed by atoms with Crippen LogP contribution in [-0.4, -0.2) is 62.1 Å². The number of halogens is 2. The van der Waals surface area contributed by atoms with Crippen LogP contribution in [-0.2, 0) is 9.53 Å². The Bertz CT molecular complexity index is 909. The Balaban J connectivity index is 0.00000144. The Kier molecular flexibility index (Phi) is 7.77. The highest BCUT2D eigenvalue weighted by Gasteiger charge is 2.47. The van der Waals surface area contributed by atoms with Crippen molar-refractivity contribution in [3.8, 4) is 11.5 Å². The molecule has 174 valence electrons. The molecule has 2 aliphatic heterocycles. The summed E-state index contributed by atoms with van der Waals surface area (Å²) in [5.74, 6) is 1.64. The molecule has 0 aromatic heterocycles. The molecule has 2 aromatic carbocycles. The molecule has 0 N–H and O–H groups in total. The molecule has 1 saturated carbocycles. The van der Waals surface area contributed by atoms with E-state index in [9.17, 15) is 4.79 Å². The molecule has 4 unspecified atom stereocenters. The topological polar surface area (TPSA) is 42.0 Å². The average Bonchev–Trinajstić information content (AvgIpc) is 2.72. The summed E-state index contributed by atoms with van der Waals surface area (Å²) in [6.07, 6.45) is 2.24. The third-order valence-corrected chi connectivity index (χ3v) is 7.11. The van der Waals surface area contributed by atoms with Gasteiger partial charge in [-0.25, -0.2) is 0 Å². The van der Waals surface area contributed by atoms with Gasteiger partial charge in [0.1, 0.15) is 23.5 Å². The summed E-state index contributed by atoms with van der Waals surface area (Å²) < 4.78 is 12.5. The van der Waals surface area contributed by atoms with Crippen LogP contribution < -0.4 is 4.74 Å². The first-order chi connectivity index (χ1) is 14.5. The molecule has 1 aliphatic carbocycles. The maximum absolute atomic E-state index is 13.7. The number of ether oxygens (including phenoxy) is 2. The minimum absolute atomic E-state index is 0. The summed E-state index contributed by atoms with van der Waals surface area (Å²) in [4.78, 5) is 18.4. The van der Waals surface area contributed by atoms with Crippen molar-refractivity contribution in [3.05, 3.63) is 59.7 Å². The molecule has 2 heterocycles. The summed E-state index contributed by atoms with van der Waals surface area (Å²) in [5, 5.41) is 0. The van der Waals surface area contributed by atoms with Gasteiger partial charge in [-0.2, -0.15) is 0 Å². The van der Waals surface area contributed by atoms with Crippen LogP contribution in [0.25, 0.3) is 0 Å². The van der Waals surface area contributed by atoms with E-state index in [2.05, 4.69) is 30.9 Å². The van der Waals surface area contributed by atoms with Gasteiger partial charge in [-0.1, -0.05) is 36.4 Å². The molecule has 2 aromatic rings. The van der Waals surface area contributed by atoms with Gasteiger partial charge in [0.25, 0.3) is 0 Å². The van der Waals surface area contributed by atoms with Gasteiger partial charge in [-0.05, 0) is 46.1 Å². The minimum atomic E-state index is -0.440. The highest BCUT2D eigenvalue weighted by Crippen LogP contribution is 2.46. The molecular formula is C25H32Cl2N2O3. The molecule has 2 fully saturated rings. The van der Waals surface area contributed by atoms with Crippen molar-refractivity contribution >= 4 is 30.8 Å². The lowest BCUT2D eigenvalue weighted by molar-refractivity contribution is -0.168. The smallest absolute Gasteiger partial charge is 0.318 e. The fraction of sp³-hybridized carbons (Fsp3) is 0.480. The first kappa shape index (κ1) is 24.8. The van der Waals surface area contributed by atoms with Crippen LogP contribution in [0.5, 0.6) is 11.5 Å².